The van der Waals surface area contributed by atoms with Crippen LogP contribution in [0.15, 0.2) is 28.1 Å². The number of carbonyl (C=O) groups excluding carboxylic acids is 1. The Kier molecular flexibility index (Phi) is 6.32. The lowest BCUT2D eigenvalue weighted by molar-refractivity contribution is -0.129. The number of hydrogen-bond donors (Lipinski definition) is 0. The van der Waals surface area contributed by atoms with E-state index in [1.807, 2.05) is 26.0 Å². The summed E-state index contributed by atoms with van der Waals surface area (Å²) in [6.07, 6.45) is 0. The van der Waals surface area contributed by atoms with Crippen LogP contribution in [0.2, 0.25) is 0 Å². The Morgan fingerprint density at radius 2 is 1.96 bits per heavy atom. The van der Waals surface area contributed by atoms with Crippen molar-refractivity contribution in [2.24, 2.45) is 4.99 Å². The molecule has 26 heavy (non-hydrogen) atoms. The average molecular weight is 414 g/mol. The van der Waals surface area contributed by atoms with Crippen LogP contribution in [0.5, 0.6) is 0 Å². The first-order valence-corrected chi connectivity index (χ1v) is 11.9. The van der Waals surface area contributed by atoms with Gasteiger partial charge in [0.25, 0.3) is 0 Å². The van der Waals surface area contributed by atoms with Crippen LogP contribution in [0, 0.1) is 13.8 Å². The highest BCUT2D eigenvalue weighted by atomic mass is 32.2. The Labute approximate surface area is 163 Å². The van der Waals surface area contributed by atoms with Crippen LogP contribution in [0.3, 0.4) is 0 Å². The molecular weight excluding hydrogens is 390 g/mol. The first-order chi connectivity index (χ1) is 12.4. The highest BCUT2D eigenvalue weighted by molar-refractivity contribution is 8.39. The van der Waals surface area contributed by atoms with Crippen molar-refractivity contribution in [1.29, 1.82) is 0 Å². The van der Waals surface area contributed by atoms with Gasteiger partial charge in [0.15, 0.2) is 0 Å². The predicted molar refractivity (Wildman–Crippen MR) is 108 cm³/mol. The van der Waals surface area contributed by atoms with Crippen LogP contribution in [-0.4, -0.2) is 72.1 Å². The van der Waals surface area contributed by atoms with Gasteiger partial charge in [-0.25, -0.2) is 8.42 Å². The van der Waals surface area contributed by atoms with Gasteiger partial charge in [-0.3, -0.25) is 9.79 Å². The minimum Gasteiger partial charge on any atom is -0.339 e. The lowest BCUT2D eigenvalue weighted by Crippen LogP contribution is -2.51. The Morgan fingerprint density at radius 3 is 2.62 bits per heavy atom. The Balaban J connectivity index is 1.59. The number of rotatable bonds is 4. The molecule has 6 nitrogen and oxygen atoms in total. The number of carbonyl (C=O) groups is 1. The highest BCUT2D eigenvalue weighted by Gasteiger charge is 2.31. The van der Waals surface area contributed by atoms with Crippen LogP contribution in [0.4, 0.5) is 0 Å². The summed E-state index contributed by atoms with van der Waals surface area (Å²) in [5.74, 6) is 1.41. The zero-order valence-corrected chi connectivity index (χ0v) is 17.4. The Bertz CT molecular complexity index is 816. The number of thioether (sulfide) groups is 2. The maximum Gasteiger partial charge on any atom is 0.243 e. The van der Waals surface area contributed by atoms with Crippen molar-refractivity contribution in [3.63, 3.8) is 0 Å². The van der Waals surface area contributed by atoms with Crippen molar-refractivity contribution in [2.45, 2.75) is 18.7 Å². The van der Waals surface area contributed by atoms with Gasteiger partial charge in [0.05, 0.1) is 17.2 Å². The van der Waals surface area contributed by atoms with E-state index in [-0.39, 0.29) is 5.91 Å². The molecule has 0 N–H and O–H groups in total. The van der Waals surface area contributed by atoms with E-state index in [4.69, 9.17) is 0 Å². The molecule has 1 aromatic carbocycles. The lowest BCUT2D eigenvalue weighted by Gasteiger charge is -2.34. The molecule has 0 aliphatic carbocycles. The topological polar surface area (TPSA) is 70.1 Å². The zero-order valence-electron chi connectivity index (χ0n) is 15.0. The van der Waals surface area contributed by atoms with E-state index < -0.39 is 10.0 Å². The predicted octanol–water partition coefficient (Wildman–Crippen LogP) is 1.97. The molecule has 0 spiro atoms. The number of nitrogens with zero attached hydrogens (tertiary/aromatic N) is 3. The molecule has 2 aliphatic heterocycles. The van der Waals surface area contributed by atoms with Gasteiger partial charge < -0.3 is 4.90 Å². The van der Waals surface area contributed by atoms with Gasteiger partial charge in [-0.05, 0) is 31.0 Å². The fourth-order valence-electron chi connectivity index (χ4n) is 2.92. The molecule has 1 saturated heterocycles. The van der Waals surface area contributed by atoms with E-state index in [2.05, 4.69) is 4.99 Å². The minimum absolute atomic E-state index is 0.0500. The molecule has 9 heteroatoms. The molecule has 0 radical (unpaired) electrons. The quantitative estimate of drug-likeness (QED) is 0.755. The van der Waals surface area contributed by atoms with Crippen LogP contribution < -0.4 is 0 Å². The van der Waals surface area contributed by atoms with Gasteiger partial charge in [0.1, 0.15) is 4.38 Å². The van der Waals surface area contributed by atoms with E-state index in [0.29, 0.717) is 36.8 Å². The van der Waals surface area contributed by atoms with Crippen LogP contribution in [-0.2, 0) is 14.8 Å². The highest BCUT2D eigenvalue weighted by Crippen LogP contribution is 2.24. The summed E-state index contributed by atoms with van der Waals surface area (Å²) < 4.78 is 28.3. The Hall–Kier alpha value is -1.03. The first-order valence-electron chi connectivity index (χ1n) is 8.53. The van der Waals surface area contributed by atoms with Gasteiger partial charge in [0, 0.05) is 31.9 Å². The second-order valence-corrected chi connectivity index (χ2v) is 10.6. The summed E-state index contributed by atoms with van der Waals surface area (Å²) in [5.41, 5.74) is 1.67. The molecule has 142 valence electrons. The minimum atomic E-state index is -3.52. The molecule has 1 aromatic rings. The molecule has 0 atom stereocenters. The first kappa shape index (κ1) is 19.7. The molecule has 1 fully saturated rings. The number of amides is 1. The van der Waals surface area contributed by atoms with Crippen LogP contribution in [0.1, 0.15) is 11.1 Å². The van der Waals surface area contributed by atoms with Crippen molar-refractivity contribution < 1.29 is 13.2 Å². The molecule has 2 aliphatic rings. The maximum atomic E-state index is 12.9. The SMILES string of the molecule is Cc1ccc(C)c(S(=O)(=O)N2CCN(C(=O)CSC3=NCCS3)CC2)c1. The number of piperazine rings is 1. The normalized spacial score (nSPS) is 18.8. The van der Waals surface area contributed by atoms with Crippen molar-refractivity contribution in [3.8, 4) is 0 Å². The Morgan fingerprint density at radius 1 is 1.23 bits per heavy atom. The average Bonchev–Trinajstić information content (AvgIpc) is 3.15. The lowest BCUT2D eigenvalue weighted by atomic mass is 10.2. The van der Waals surface area contributed by atoms with Gasteiger partial charge in [0.2, 0.25) is 15.9 Å². The zero-order chi connectivity index (χ0) is 18.7. The van der Waals surface area contributed by atoms with Crippen molar-refractivity contribution in [3.05, 3.63) is 29.3 Å². The molecular formula is C17H23N3O3S3. The third-order valence-electron chi connectivity index (χ3n) is 4.43. The monoisotopic (exact) mass is 413 g/mol. The molecule has 0 unspecified atom stereocenters. The van der Waals surface area contributed by atoms with Crippen molar-refractivity contribution in [2.75, 3.05) is 44.2 Å². The molecule has 1 amide bonds. The van der Waals surface area contributed by atoms with Gasteiger partial charge in [-0.1, -0.05) is 35.7 Å². The summed E-state index contributed by atoms with van der Waals surface area (Å²) in [4.78, 5) is 18.8. The van der Waals surface area contributed by atoms with E-state index >= 15 is 0 Å². The maximum absolute atomic E-state index is 12.9. The number of hydrogen-bond acceptors (Lipinski definition) is 6. The molecule has 3 rings (SSSR count). The standard InChI is InChI=1S/C17H23N3O3S3/c1-13-3-4-14(2)15(11-13)26(22,23)20-8-6-19(7-9-20)16(21)12-25-17-18-5-10-24-17/h3-4,11H,5-10,12H2,1-2H3. The second-order valence-electron chi connectivity index (χ2n) is 6.34. The largest absolute Gasteiger partial charge is 0.339 e. The third-order valence-corrected chi connectivity index (χ3v) is 8.71. The number of benzene rings is 1. The van der Waals surface area contributed by atoms with Crippen LogP contribution in [0.25, 0.3) is 0 Å². The van der Waals surface area contributed by atoms with Crippen molar-refractivity contribution >= 4 is 43.8 Å². The molecule has 0 aromatic heterocycles. The number of aryl methyl sites for hydroxylation is 2. The van der Waals surface area contributed by atoms with Gasteiger partial charge >= 0.3 is 0 Å². The molecule has 0 bridgehead atoms. The summed E-state index contributed by atoms with van der Waals surface area (Å²) in [5, 5.41) is 0. The fraction of sp³-hybridized carbons (Fsp3) is 0.529. The van der Waals surface area contributed by atoms with Gasteiger partial charge in [-0.2, -0.15) is 4.31 Å². The van der Waals surface area contributed by atoms with E-state index in [1.165, 1.54) is 16.1 Å². The van der Waals surface area contributed by atoms with Gasteiger partial charge in [-0.15, -0.1) is 0 Å². The third kappa shape index (κ3) is 4.44. The van der Waals surface area contributed by atoms with E-state index in [9.17, 15) is 13.2 Å². The number of aliphatic imine (C=N–C) groups is 1. The van der Waals surface area contributed by atoms with Crippen molar-refractivity contribution in [1.82, 2.24) is 9.21 Å². The second kappa shape index (κ2) is 8.33. The summed E-state index contributed by atoms with van der Waals surface area (Å²) in [6.45, 7) is 6.07. The fourth-order valence-corrected chi connectivity index (χ4v) is 6.56. The molecule has 0 saturated carbocycles. The summed E-state index contributed by atoms with van der Waals surface area (Å²) in [7, 11) is -3.52. The van der Waals surface area contributed by atoms with E-state index in [1.54, 1.807) is 22.7 Å². The summed E-state index contributed by atoms with van der Waals surface area (Å²) >= 11 is 3.17. The number of sulfonamides is 1. The summed E-state index contributed by atoms with van der Waals surface area (Å²) in [6, 6.07) is 5.47. The van der Waals surface area contributed by atoms with Crippen LogP contribution >= 0.6 is 23.5 Å². The van der Waals surface area contributed by atoms with E-state index in [0.717, 1.165) is 27.8 Å². The molecule has 2 heterocycles. The smallest absolute Gasteiger partial charge is 0.243 e.